The number of hydrogen-bond acceptors (Lipinski definition) is 2. The van der Waals surface area contributed by atoms with Gasteiger partial charge in [-0.15, -0.1) is 0 Å². The van der Waals surface area contributed by atoms with Gasteiger partial charge in [-0.05, 0) is 37.3 Å². The highest BCUT2D eigenvalue weighted by atomic mass is 35.5. The smallest absolute Gasteiger partial charge is 0.128 e. The summed E-state index contributed by atoms with van der Waals surface area (Å²) in [4.78, 5) is 4.36. The van der Waals surface area contributed by atoms with Gasteiger partial charge in [0.25, 0.3) is 0 Å². The minimum atomic E-state index is 0.592. The molecule has 2 nitrogen and oxygen atoms in total. The number of rotatable bonds is 4. The molecule has 4 heteroatoms. The summed E-state index contributed by atoms with van der Waals surface area (Å²) < 4.78 is 5.53. The Morgan fingerprint density at radius 2 is 1.95 bits per heavy atom. The van der Waals surface area contributed by atoms with E-state index in [2.05, 4.69) is 4.99 Å². The van der Waals surface area contributed by atoms with Crippen LogP contribution >= 0.6 is 23.2 Å². The van der Waals surface area contributed by atoms with Gasteiger partial charge in [-0.2, -0.15) is 0 Å². The van der Waals surface area contributed by atoms with Gasteiger partial charge in [0.2, 0.25) is 0 Å². The van der Waals surface area contributed by atoms with Gasteiger partial charge in [-0.3, -0.25) is 4.99 Å². The normalized spacial score (nSPS) is 10.9. The van der Waals surface area contributed by atoms with Gasteiger partial charge in [-0.1, -0.05) is 35.3 Å². The van der Waals surface area contributed by atoms with E-state index in [-0.39, 0.29) is 0 Å². The number of ether oxygens (including phenoxy) is 1. The molecule has 0 aliphatic carbocycles. The summed E-state index contributed by atoms with van der Waals surface area (Å²) >= 11 is 12.0. The third kappa shape index (κ3) is 3.72. The molecule has 0 aliphatic rings. The standard InChI is InChI=1S/C15H13Cl2NO/c1-2-19-15-8-7-12(16)9-11(15)10-18-14-6-4-3-5-13(14)17/h3-10H,2H2,1H3. The Bertz CT molecular complexity index is 596. The number of benzene rings is 2. The summed E-state index contributed by atoms with van der Waals surface area (Å²) in [5.74, 6) is 0.753. The molecule has 0 saturated heterocycles. The molecular weight excluding hydrogens is 281 g/mol. The third-order valence-electron chi connectivity index (χ3n) is 2.47. The number of hydrogen-bond donors (Lipinski definition) is 0. The SMILES string of the molecule is CCOc1ccc(Cl)cc1C=Nc1ccccc1Cl. The minimum Gasteiger partial charge on any atom is -0.493 e. The molecule has 0 bridgehead atoms. The molecule has 2 aromatic carbocycles. The zero-order valence-corrected chi connectivity index (χ0v) is 11.9. The average molecular weight is 294 g/mol. The van der Waals surface area contributed by atoms with Crippen molar-refractivity contribution in [1.29, 1.82) is 0 Å². The number of aliphatic imine (C=N–C) groups is 1. The van der Waals surface area contributed by atoms with E-state index in [0.29, 0.717) is 22.3 Å². The fraction of sp³-hybridized carbons (Fsp3) is 0.133. The van der Waals surface area contributed by atoms with Crippen molar-refractivity contribution in [3.05, 3.63) is 58.1 Å². The van der Waals surface area contributed by atoms with E-state index >= 15 is 0 Å². The molecular formula is C15H13Cl2NO. The predicted octanol–water partition coefficient (Wildman–Crippen LogP) is 5.14. The maximum atomic E-state index is 6.05. The highest BCUT2D eigenvalue weighted by Gasteiger charge is 2.02. The van der Waals surface area contributed by atoms with E-state index in [0.717, 1.165) is 11.3 Å². The van der Waals surface area contributed by atoms with Crippen molar-refractivity contribution in [3.63, 3.8) is 0 Å². The van der Waals surface area contributed by atoms with Crippen LogP contribution in [-0.4, -0.2) is 12.8 Å². The molecule has 98 valence electrons. The summed E-state index contributed by atoms with van der Waals surface area (Å²) in [7, 11) is 0. The molecule has 0 fully saturated rings. The second-order valence-corrected chi connectivity index (χ2v) is 4.67. The molecule has 0 atom stereocenters. The molecule has 0 saturated carbocycles. The molecule has 0 radical (unpaired) electrons. The van der Waals surface area contributed by atoms with E-state index in [9.17, 15) is 0 Å². The quantitative estimate of drug-likeness (QED) is 0.715. The van der Waals surface area contributed by atoms with Gasteiger partial charge >= 0.3 is 0 Å². The number of nitrogens with zero attached hydrogens (tertiary/aromatic N) is 1. The Hall–Kier alpha value is -1.51. The first-order valence-electron chi connectivity index (χ1n) is 5.91. The Labute approximate surface area is 122 Å². The van der Waals surface area contributed by atoms with Gasteiger partial charge in [0.05, 0.1) is 17.3 Å². The van der Waals surface area contributed by atoms with Crippen molar-refractivity contribution >= 4 is 35.1 Å². The van der Waals surface area contributed by atoms with Gasteiger partial charge < -0.3 is 4.74 Å². The van der Waals surface area contributed by atoms with Crippen molar-refractivity contribution in [1.82, 2.24) is 0 Å². The maximum absolute atomic E-state index is 6.05. The van der Waals surface area contributed by atoms with Crippen LogP contribution in [0.5, 0.6) is 5.75 Å². The zero-order chi connectivity index (χ0) is 13.7. The largest absolute Gasteiger partial charge is 0.493 e. The van der Waals surface area contributed by atoms with Crippen LogP contribution in [0.1, 0.15) is 12.5 Å². The Morgan fingerprint density at radius 1 is 1.16 bits per heavy atom. The van der Waals surface area contributed by atoms with E-state index in [1.54, 1.807) is 18.3 Å². The summed E-state index contributed by atoms with van der Waals surface area (Å²) in [5.41, 5.74) is 1.54. The van der Waals surface area contributed by atoms with Crippen LogP contribution < -0.4 is 4.74 Å². The number of halogens is 2. The summed E-state index contributed by atoms with van der Waals surface area (Å²) in [6.45, 7) is 2.53. The molecule has 0 N–H and O–H groups in total. The van der Waals surface area contributed by atoms with Crippen LogP contribution in [0.15, 0.2) is 47.5 Å². The molecule has 0 spiro atoms. The molecule has 2 aromatic rings. The fourth-order valence-electron chi connectivity index (χ4n) is 1.60. The molecule has 2 rings (SSSR count). The number of para-hydroxylation sites is 1. The van der Waals surface area contributed by atoms with E-state index in [1.807, 2.05) is 37.3 Å². The highest BCUT2D eigenvalue weighted by molar-refractivity contribution is 6.33. The first-order valence-corrected chi connectivity index (χ1v) is 6.67. The van der Waals surface area contributed by atoms with Crippen molar-refractivity contribution < 1.29 is 4.74 Å². The van der Waals surface area contributed by atoms with Crippen LogP contribution in [0.3, 0.4) is 0 Å². The Balaban J connectivity index is 2.32. The van der Waals surface area contributed by atoms with Crippen LogP contribution in [0, 0.1) is 0 Å². The fourth-order valence-corrected chi connectivity index (χ4v) is 1.97. The Morgan fingerprint density at radius 3 is 2.68 bits per heavy atom. The van der Waals surface area contributed by atoms with E-state index in [4.69, 9.17) is 27.9 Å². The van der Waals surface area contributed by atoms with Crippen LogP contribution in [0.4, 0.5) is 5.69 Å². The van der Waals surface area contributed by atoms with Crippen molar-refractivity contribution in [2.45, 2.75) is 6.92 Å². The second-order valence-electron chi connectivity index (χ2n) is 3.82. The minimum absolute atomic E-state index is 0.592. The van der Waals surface area contributed by atoms with Gasteiger partial charge in [0.1, 0.15) is 5.75 Å². The second kappa shape index (κ2) is 6.60. The molecule has 19 heavy (non-hydrogen) atoms. The molecule has 0 unspecified atom stereocenters. The maximum Gasteiger partial charge on any atom is 0.128 e. The molecule has 0 aromatic heterocycles. The van der Waals surface area contributed by atoms with Gasteiger partial charge in [0, 0.05) is 16.8 Å². The summed E-state index contributed by atoms with van der Waals surface area (Å²) in [6, 6.07) is 12.8. The van der Waals surface area contributed by atoms with Crippen molar-refractivity contribution in [2.24, 2.45) is 4.99 Å². The van der Waals surface area contributed by atoms with Gasteiger partial charge in [0.15, 0.2) is 0 Å². The average Bonchev–Trinajstić information content (AvgIpc) is 2.41. The van der Waals surface area contributed by atoms with Crippen LogP contribution in [0.25, 0.3) is 0 Å². The lowest BCUT2D eigenvalue weighted by Crippen LogP contribution is -1.95. The lowest BCUT2D eigenvalue weighted by atomic mass is 10.2. The van der Waals surface area contributed by atoms with E-state index in [1.165, 1.54) is 0 Å². The van der Waals surface area contributed by atoms with Crippen molar-refractivity contribution in [3.8, 4) is 5.75 Å². The molecule has 0 aliphatic heterocycles. The highest BCUT2D eigenvalue weighted by Crippen LogP contribution is 2.26. The molecule has 0 heterocycles. The third-order valence-corrected chi connectivity index (χ3v) is 3.02. The lowest BCUT2D eigenvalue weighted by molar-refractivity contribution is 0.340. The lowest BCUT2D eigenvalue weighted by Gasteiger charge is -2.07. The summed E-state index contributed by atoms with van der Waals surface area (Å²) in [6.07, 6.45) is 1.71. The monoisotopic (exact) mass is 293 g/mol. The first-order chi connectivity index (χ1) is 9.20. The zero-order valence-electron chi connectivity index (χ0n) is 10.4. The van der Waals surface area contributed by atoms with Crippen LogP contribution in [-0.2, 0) is 0 Å². The Kier molecular flexibility index (Phi) is 4.83. The van der Waals surface area contributed by atoms with Crippen molar-refractivity contribution in [2.75, 3.05) is 6.61 Å². The van der Waals surface area contributed by atoms with Gasteiger partial charge in [-0.25, -0.2) is 0 Å². The predicted molar refractivity (Wildman–Crippen MR) is 81.3 cm³/mol. The first kappa shape index (κ1) is 13.9. The molecule has 0 amide bonds. The summed E-state index contributed by atoms with van der Waals surface area (Å²) in [5, 5.41) is 1.25. The van der Waals surface area contributed by atoms with Crippen LogP contribution in [0.2, 0.25) is 10.0 Å². The topological polar surface area (TPSA) is 21.6 Å². The van der Waals surface area contributed by atoms with E-state index < -0.39 is 0 Å².